The van der Waals surface area contributed by atoms with Crippen LogP contribution in [0.25, 0.3) is 10.9 Å². The minimum absolute atomic E-state index is 0.00106. The average Bonchev–Trinajstić information content (AvgIpc) is 2.76. The predicted octanol–water partition coefficient (Wildman–Crippen LogP) is 0.279. The molecule has 0 aliphatic carbocycles. The maximum absolute atomic E-state index is 5.86. The van der Waals surface area contributed by atoms with Gasteiger partial charge in [0.05, 0.1) is 24.4 Å². The largest absolute Gasteiger partial charge is 0.359 e. The molecule has 0 unspecified atom stereocenters. The van der Waals surface area contributed by atoms with E-state index in [-0.39, 0.29) is 6.10 Å². The minimum Gasteiger partial charge on any atom is -0.359 e. The standard InChI is InChI=1S/C13H15N3O/c1-9(14-2)13-12-10-5-3-4-6-11(10)15-16(12)7-8-17-13/h3-6,13H,7-8H2,1-2H3/p+1/t13-/m1/s1. The van der Waals surface area contributed by atoms with Crippen LogP contribution in [-0.2, 0) is 11.3 Å². The summed E-state index contributed by atoms with van der Waals surface area (Å²) in [6.07, 6.45) is 0.00106. The Morgan fingerprint density at radius 2 is 2.29 bits per heavy atom. The van der Waals surface area contributed by atoms with Crippen LogP contribution >= 0.6 is 0 Å². The number of nitrogens with one attached hydrogen (secondary N) is 1. The maximum Gasteiger partial charge on any atom is 0.182 e. The molecule has 1 N–H and O–H groups in total. The van der Waals surface area contributed by atoms with Crippen molar-refractivity contribution in [2.45, 2.75) is 19.6 Å². The number of ether oxygens (including phenoxy) is 1. The van der Waals surface area contributed by atoms with Gasteiger partial charge in [-0.25, -0.2) is 4.99 Å². The topological polar surface area (TPSA) is 41.0 Å². The van der Waals surface area contributed by atoms with E-state index in [1.807, 2.05) is 25.2 Å². The van der Waals surface area contributed by atoms with Crippen molar-refractivity contribution in [1.82, 2.24) is 9.78 Å². The number of benzene rings is 1. The molecular formula is C13H16N3O+. The van der Waals surface area contributed by atoms with Crippen LogP contribution in [0.5, 0.6) is 0 Å². The Kier molecular flexibility index (Phi) is 2.44. The molecule has 0 amide bonds. The van der Waals surface area contributed by atoms with Gasteiger partial charge in [0.25, 0.3) is 0 Å². The van der Waals surface area contributed by atoms with E-state index in [1.165, 1.54) is 11.1 Å². The van der Waals surface area contributed by atoms with E-state index in [0.717, 1.165) is 17.8 Å². The molecule has 0 bridgehead atoms. The Bertz CT molecular complexity index is 585. The van der Waals surface area contributed by atoms with Gasteiger partial charge in [-0.3, -0.25) is 4.68 Å². The molecule has 0 fully saturated rings. The number of fused-ring (bicyclic) bond motifs is 3. The molecule has 0 saturated carbocycles. The first-order valence-electron chi connectivity index (χ1n) is 5.89. The summed E-state index contributed by atoms with van der Waals surface area (Å²) in [5.41, 5.74) is 3.33. The van der Waals surface area contributed by atoms with Gasteiger partial charge in [-0.1, -0.05) is 18.2 Å². The fourth-order valence-corrected chi connectivity index (χ4v) is 2.34. The normalized spacial score (nSPS) is 20.6. The fourth-order valence-electron chi connectivity index (χ4n) is 2.34. The second kappa shape index (κ2) is 3.96. The van der Waals surface area contributed by atoms with Gasteiger partial charge in [0.2, 0.25) is 0 Å². The third kappa shape index (κ3) is 1.56. The van der Waals surface area contributed by atoms with Gasteiger partial charge >= 0.3 is 0 Å². The average molecular weight is 230 g/mol. The third-order valence-corrected chi connectivity index (χ3v) is 3.31. The van der Waals surface area contributed by atoms with Crippen molar-refractivity contribution in [2.75, 3.05) is 13.7 Å². The van der Waals surface area contributed by atoms with Crippen molar-refractivity contribution < 1.29 is 9.73 Å². The molecule has 1 atom stereocenters. The summed E-state index contributed by atoms with van der Waals surface area (Å²) in [7, 11) is 1.93. The lowest BCUT2D eigenvalue weighted by Gasteiger charge is -2.22. The Morgan fingerprint density at radius 3 is 3.12 bits per heavy atom. The van der Waals surface area contributed by atoms with Crippen molar-refractivity contribution in [3.8, 4) is 0 Å². The molecule has 1 aromatic heterocycles. The summed E-state index contributed by atoms with van der Waals surface area (Å²) in [6.45, 7) is 3.60. The van der Waals surface area contributed by atoms with Crippen LogP contribution in [0.15, 0.2) is 24.3 Å². The van der Waals surface area contributed by atoms with Crippen molar-refractivity contribution in [1.29, 1.82) is 0 Å². The number of aromatic nitrogens is 2. The van der Waals surface area contributed by atoms with Crippen LogP contribution in [0.4, 0.5) is 0 Å². The smallest absolute Gasteiger partial charge is 0.182 e. The predicted molar refractivity (Wildman–Crippen MR) is 66.0 cm³/mol. The van der Waals surface area contributed by atoms with Gasteiger partial charge in [-0.05, 0) is 6.07 Å². The van der Waals surface area contributed by atoms with E-state index >= 15 is 0 Å². The highest BCUT2D eigenvalue weighted by molar-refractivity contribution is 5.90. The zero-order valence-electron chi connectivity index (χ0n) is 10.1. The van der Waals surface area contributed by atoms with Crippen LogP contribution in [-0.4, -0.2) is 29.1 Å². The van der Waals surface area contributed by atoms with Gasteiger partial charge < -0.3 is 4.74 Å². The first-order valence-corrected chi connectivity index (χ1v) is 5.89. The van der Waals surface area contributed by atoms with Crippen LogP contribution in [0, 0.1) is 0 Å². The van der Waals surface area contributed by atoms with Gasteiger partial charge in [-0.2, -0.15) is 5.10 Å². The first kappa shape index (κ1) is 10.5. The van der Waals surface area contributed by atoms with Gasteiger partial charge in [-0.15, -0.1) is 0 Å². The minimum atomic E-state index is 0.00106. The molecule has 0 saturated heterocycles. The highest BCUT2D eigenvalue weighted by Gasteiger charge is 2.29. The molecule has 4 nitrogen and oxygen atoms in total. The molecule has 0 spiro atoms. The molecule has 1 aromatic carbocycles. The molecule has 0 radical (unpaired) electrons. The molecule has 4 heteroatoms. The van der Waals surface area contributed by atoms with Gasteiger partial charge in [0, 0.05) is 12.3 Å². The first-order chi connectivity index (χ1) is 8.31. The number of nitrogens with zero attached hydrogens (tertiary/aromatic N) is 2. The van der Waals surface area contributed by atoms with E-state index in [0.29, 0.717) is 6.61 Å². The van der Waals surface area contributed by atoms with E-state index in [1.54, 1.807) is 0 Å². The Hall–Kier alpha value is -1.68. The second-order valence-electron chi connectivity index (χ2n) is 4.31. The lowest BCUT2D eigenvalue weighted by Crippen LogP contribution is -2.68. The van der Waals surface area contributed by atoms with Crippen molar-refractivity contribution in [3.63, 3.8) is 0 Å². The molecule has 1 aliphatic heterocycles. The van der Waals surface area contributed by atoms with Crippen LogP contribution in [0.1, 0.15) is 18.7 Å². The van der Waals surface area contributed by atoms with Gasteiger partial charge in [0.15, 0.2) is 11.8 Å². The quantitative estimate of drug-likeness (QED) is 0.715. The Labute approximate surface area is 99.9 Å². The summed E-state index contributed by atoms with van der Waals surface area (Å²) in [5, 5.41) is 5.80. The van der Waals surface area contributed by atoms with Crippen LogP contribution in [0.3, 0.4) is 0 Å². The number of hydrogen-bond donors (Lipinski definition) is 1. The SMILES string of the molecule is C[NH+]=C(C)[C@H]1OCCn2nc3ccccc3c21. The Balaban J connectivity index is 2.24. The zero-order valence-corrected chi connectivity index (χ0v) is 10.1. The van der Waals surface area contributed by atoms with Gasteiger partial charge in [0.1, 0.15) is 7.05 Å². The molecular weight excluding hydrogens is 214 g/mol. The summed E-state index contributed by atoms with van der Waals surface area (Å²) in [5.74, 6) is 0. The Morgan fingerprint density at radius 1 is 1.47 bits per heavy atom. The lowest BCUT2D eigenvalue weighted by atomic mass is 10.1. The number of hydrogen-bond acceptors (Lipinski definition) is 2. The molecule has 2 aromatic rings. The maximum atomic E-state index is 5.86. The number of rotatable bonds is 1. The van der Waals surface area contributed by atoms with Crippen LogP contribution in [0.2, 0.25) is 0 Å². The van der Waals surface area contributed by atoms with E-state index in [4.69, 9.17) is 4.74 Å². The summed E-state index contributed by atoms with van der Waals surface area (Å²) in [6, 6.07) is 8.22. The lowest BCUT2D eigenvalue weighted by molar-refractivity contribution is -0.425. The highest BCUT2D eigenvalue weighted by Crippen LogP contribution is 2.29. The third-order valence-electron chi connectivity index (χ3n) is 3.31. The summed E-state index contributed by atoms with van der Waals surface area (Å²) >= 11 is 0. The summed E-state index contributed by atoms with van der Waals surface area (Å²) < 4.78 is 7.93. The second-order valence-corrected chi connectivity index (χ2v) is 4.31. The van der Waals surface area contributed by atoms with Crippen LogP contribution < -0.4 is 4.99 Å². The van der Waals surface area contributed by atoms with Crippen molar-refractivity contribution in [3.05, 3.63) is 30.0 Å². The fraction of sp³-hybridized carbons (Fsp3) is 0.385. The molecule has 2 heterocycles. The van der Waals surface area contributed by atoms with E-state index < -0.39 is 0 Å². The molecule has 88 valence electrons. The summed E-state index contributed by atoms with van der Waals surface area (Å²) in [4.78, 5) is 3.18. The van der Waals surface area contributed by atoms with Crippen molar-refractivity contribution >= 4 is 16.6 Å². The zero-order chi connectivity index (χ0) is 11.8. The monoisotopic (exact) mass is 230 g/mol. The highest BCUT2D eigenvalue weighted by atomic mass is 16.5. The van der Waals surface area contributed by atoms with Crippen molar-refractivity contribution in [2.24, 2.45) is 0 Å². The molecule has 1 aliphatic rings. The molecule has 3 rings (SSSR count). The molecule has 17 heavy (non-hydrogen) atoms. The van der Waals surface area contributed by atoms with E-state index in [2.05, 4.69) is 27.8 Å². The van der Waals surface area contributed by atoms with E-state index in [9.17, 15) is 0 Å².